The van der Waals surface area contributed by atoms with Gasteiger partial charge in [0, 0.05) is 28.9 Å². The standard InChI is InChI=1S/C27H24N2O5S/c1-17-16-24(26(30)28-21-12-14-22(15-13-21)35(3,33)34)18(2)29(17)25-7-5-4-6-23(25)19-8-10-20(11-9-19)27(31)32/h4-16H,1-3H3,(H,28,30)(H,31,32). The molecule has 0 atom stereocenters. The summed E-state index contributed by atoms with van der Waals surface area (Å²) in [5.41, 5.74) is 5.41. The second kappa shape index (κ2) is 9.23. The first kappa shape index (κ1) is 24.0. The smallest absolute Gasteiger partial charge is 0.335 e. The average Bonchev–Trinajstić information content (AvgIpc) is 3.12. The van der Waals surface area contributed by atoms with Crippen molar-refractivity contribution in [1.82, 2.24) is 4.57 Å². The zero-order valence-corrected chi connectivity index (χ0v) is 20.3. The molecule has 2 N–H and O–H groups in total. The molecule has 8 heteroatoms. The van der Waals surface area contributed by atoms with Crippen molar-refractivity contribution in [3.8, 4) is 16.8 Å². The van der Waals surface area contributed by atoms with Crippen molar-refractivity contribution in [2.75, 3.05) is 11.6 Å². The van der Waals surface area contributed by atoms with Gasteiger partial charge in [0.2, 0.25) is 0 Å². The molecule has 0 aliphatic carbocycles. The van der Waals surface area contributed by atoms with Crippen LogP contribution in [0.1, 0.15) is 32.1 Å². The van der Waals surface area contributed by atoms with Gasteiger partial charge >= 0.3 is 5.97 Å². The molecule has 1 heterocycles. The summed E-state index contributed by atoms with van der Waals surface area (Å²) >= 11 is 0. The van der Waals surface area contributed by atoms with Crippen molar-refractivity contribution in [3.63, 3.8) is 0 Å². The largest absolute Gasteiger partial charge is 0.478 e. The van der Waals surface area contributed by atoms with Gasteiger partial charge in [-0.15, -0.1) is 0 Å². The third-order valence-electron chi connectivity index (χ3n) is 5.80. The number of hydrogen-bond acceptors (Lipinski definition) is 4. The van der Waals surface area contributed by atoms with Gasteiger partial charge in [-0.25, -0.2) is 13.2 Å². The molecule has 0 bridgehead atoms. The number of carboxylic acid groups (broad SMARTS) is 1. The number of hydrogen-bond donors (Lipinski definition) is 2. The summed E-state index contributed by atoms with van der Waals surface area (Å²) in [5, 5.41) is 12.0. The summed E-state index contributed by atoms with van der Waals surface area (Å²) in [5.74, 6) is -1.29. The molecule has 0 saturated carbocycles. The highest BCUT2D eigenvalue weighted by atomic mass is 32.2. The lowest BCUT2D eigenvalue weighted by molar-refractivity contribution is 0.0696. The fourth-order valence-corrected chi connectivity index (χ4v) is 4.68. The third-order valence-corrected chi connectivity index (χ3v) is 6.93. The van der Waals surface area contributed by atoms with E-state index in [0.29, 0.717) is 11.3 Å². The van der Waals surface area contributed by atoms with E-state index >= 15 is 0 Å². The van der Waals surface area contributed by atoms with Gasteiger partial charge in [0.15, 0.2) is 9.84 Å². The van der Waals surface area contributed by atoms with Gasteiger partial charge in [0.25, 0.3) is 5.91 Å². The fraction of sp³-hybridized carbons (Fsp3) is 0.111. The number of benzene rings is 3. The van der Waals surface area contributed by atoms with Gasteiger partial charge in [-0.3, -0.25) is 4.79 Å². The Labute approximate surface area is 203 Å². The minimum absolute atomic E-state index is 0.182. The number of para-hydroxylation sites is 1. The van der Waals surface area contributed by atoms with Crippen LogP contribution in [0.3, 0.4) is 0 Å². The first-order valence-electron chi connectivity index (χ1n) is 10.8. The summed E-state index contributed by atoms with van der Waals surface area (Å²) < 4.78 is 25.3. The van der Waals surface area contributed by atoms with Gasteiger partial charge in [-0.05, 0) is 67.9 Å². The van der Waals surface area contributed by atoms with E-state index in [1.807, 2.05) is 42.7 Å². The third kappa shape index (κ3) is 4.88. The molecule has 3 aromatic carbocycles. The van der Waals surface area contributed by atoms with E-state index in [1.165, 1.54) is 12.1 Å². The number of sulfone groups is 1. The zero-order chi connectivity index (χ0) is 25.3. The molecule has 1 aromatic heterocycles. The maximum absolute atomic E-state index is 13.1. The number of rotatable bonds is 6. The van der Waals surface area contributed by atoms with E-state index < -0.39 is 15.8 Å². The molecule has 178 valence electrons. The lowest BCUT2D eigenvalue weighted by Gasteiger charge is -2.15. The Hall–Kier alpha value is -4.17. The number of amides is 1. The first-order valence-corrected chi connectivity index (χ1v) is 12.7. The molecule has 0 aliphatic rings. The number of carbonyl (C=O) groups excluding carboxylic acids is 1. The molecule has 0 fully saturated rings. The van der Waals surface area contributed by atoms with Crippen LogP contribution in [-0.2, 0) is 9.84 Å². The number of nitrogens with zero attached hydrogens (tertiary/aromatic N) is 1. The average molecular weight is 489 g/mol. The number of anilines is 1. The van der Waals surface area contributed by atoms with Crippen LogP contribution in [0.4, 0.5) is 5.69 Å². The topological polar surface area (TPSA) is 105 Å². The molecule has 0 unspecified atom stereocenters. The van der Waals surface area contributed by atoms with Crippen LogP contribution in [0.5, 0.6) is 0 Å². The molecule has 1 amide bonds. The van der Waals surface area contributed by atoms with E-state index in [-0.39, 0.29) is 16.4 Å². The van der Waals surface area contributed by atoms with Gasteiger partial charge < -0.3 is 15.0 Å². The van der Waals surface area contributed by atoms with Crippen molar-refractivity contribution in [3.05, 3.63) is 101 Å². The van der Waals surface area contributed by atoms with Crippen LogP contribution in [0.15, 0.2) is 83.8 Å². The predicted molar refractivity (Wildman–Crippen MR) is 135 cm³/mol. The number of aromatic nitrogens is 1. The number of aromatic carboxylic acids is 1. The van der Waals surface area contributed by atoms with Crippen molar-refractivity contribution in [2.45, 2.75) is 18.7 Å². The lowest BCUT2D eigenvalue weighted by Crippen LogP contribution is -2.13. The van der Waals surface area contributed by atoms with E-state index in [9.17, 15) is 23.1 Å². The molecule has 7 nitrogen and oxygen atoms in total. The second-order valence-electron chi connectivity index (χ2n) is 8.27. The van der Waals surface area contributed by atoms with Crippen LogP contribution >= 0.6 is 0 Å². The highest BCUT2D eigenvalue weighted by Gasteiger charge is 2.19. The molecular formula is C27H24N2O5S. The van der Waals surface area contributed by atoms with Crippen molar-refractivity contribution in [1.29, 1.82) is 0 Å². The normalized spacial score (nSPS) is 11.3. The quantitative estimate of drug-likeness (QED) is 0.392. The Balaban J connectivity index is 1.68. The van der Waals surface area contributed by atoms with Crippen LogP contribution in [0.25, 0.3) is 16.8 Å². The molecule has 0 spiro atoms. The summed E-state index contributed by atoms with van der Waals surface area (Å²) in [4.78, 5) is 24.5. The van der Waals surface area contributed by atoms with Gasteiger partial charge in [0.1, 0.15) is 0 Å². The highest BCUT2D eigenvalue weighted by molar-refractivity contribution is 7.90. The Morgan fingerprint density at radius 2 is 1.51 bits per heavy atom. The number of aryl methyl sites for hydroxylation is 1. The Kier molecular flexibility index (Phi) is 6.32. The van der Waals surface area contributed by atoms with Crippen molar-refractivity contribution >= 4 is 27.4 Å². The van der Waals surface area contributed by atoms with Crippen LogP contribution in [-0.4, -0.2) is 36.2 Å². The Morgan fingerprint density at radius 3 is 2.11 bits per heavy atom. The minimum atomic E-state index is -3.32. The maximum Gasteiger partial charge on any atom is 0.335 e. The Bertz CT molecular complexity index is 1530. The van der Waals surface area contributed by atoms with Crippen LogP contribution in [0.2, 0.25) is 0 Å². The van der Waals surface area contributed by atoms with E-state index in [0.717, 1.165) is 34.5 Å². The number of nitrogens with one attached hydrogen (secondary N) is 1. The SMILES string of the molecule is Cc1cc(C(=O)Nc2ccc(S(C)(=O)=O)cc2)c(C)n1-c1ccccc1-c1ccc(C(=O)O)cc1. The van der Waals surface area contributed by atoms with E-state index in [2.05, 4.69) is 5.32 Å². The van der Waals surface area contributed by atoms with Crippen LogP contribution in [0, 0.1) is 13.8 Å². The summed E-state index contributed by atoms with van der Waals surface area (Å²) in [6.45, 7) is 3.77. The molecular weight excluding hydrogens is 464 g/mol. The van der Waals surface area contributed by atoms with Crippen molar-refractivity contribution in [2.24, 2.45) is 0 Å². The fourth-order valence-electron chi connectivity index (χ4n) is 4.05. The van der Waals surface area contributed by atoms with Crippen LogP contribution < -0.4 is 5.32 Å². The monoisotopic (exact) mass is 488 g/mol. The molecule has 4 aromatic rings. The number of carboxylic acids is 1. The first-order chi connectivity index (χ1) is 16.6. The second-order valence-corrected chi connectivity index (χ2v) is 10.3. The highest BCUT2D eigenvalue weighted by Crippen LogP contribution is 2.31. The van der Waals surface area contributed by atoms with Gasteiger partial charge in [0.05, 0.1) is 21.7 Å². The number of carbonyl (C=O) groups is 2. The van der Waals surface area contributed by atoms with E-state index in [4.69, 9.17) is 0 Å². The van der Waals surface area contributed by atoms with Gasteiger partial charge in [-0.1, -0.05) is 30.3 Å². The maximum atomic E-state index is 13.1. The molecule has 0 saturated heterocycles. The molecule has 4 rings (SSSR count). The Morgan fingerprint density at radius 1 is 0.886 bits per heavy atom. The summed E-state index contributed by atoms with van der Waals surface area (Å²) in [7, 11) is -3.32. The zero-order valence-electron chi connectivity index (χ0n) is 19.4. The van der Waals surface area contributed by atoms with Gasteiger partial charge in [-0.2, -0.15) is 0 Å². The lowest BCUT2D eigenvalue weighted by atomic mass is 10.0. The van der Waals surface area contributed by atoms with Crippen molar-refractivity contribution < 1.29 is 23.1 Å². The summed E-state index contributed by atoms with van der Waals surface area (Å²) in [6, 6.07) is 22.2. The molecule has 0 radical (unpaired) electrons. The predicted octanol–water partition coefficient (Wildman–Crippen LogP) is 5.12. The summed E-state index contributed by atoms with van der Waals surface area (Å²) in [6.07, 6.45) is 1.13. The molecule has 35 heavy (non-hydrogen) atoms. The van der Waals surface area contributed by atoms with E-state index in [1.54, 1.807) is 42.5 Å². The minimum Gasteiger partial charge on any atom is -0.478 e. The molecule has 0 aliphatic heterocycles.